The van der Waals surface area contributed by atoms with Crippen LogP contribution in [0.15, 0.2) is 18.2 Å². The van der Waals surface area contributed by atoms with E-state index >= 15 is 0 Å². The highest BCUT2D eigenvalue weighted by Gasteiger charge is 2.12. The molecule has 1 N–H and O–H groups in total. The molecule has 0 aliphatic rings. The fourth-order valence-electron chi connectivity index (χ4n) is 2.28. The first-order valence-electron chi connectivity index (χ1n) is 6.04. The molecule has 0 amide bonds. The molecule has 0 heterocycles. The van der Waals surface area contributed by atoms with Crippen LogP contribution in [0.3, 0.4) is 0 Å². The number of benzene rings is 1. The van der Waals surface area contributed by atoms with Gasteiger partial charge in [0, 0.05) is 6.04 Å². The van der Waals surface area contributed by atoms with Crippen molar-refractivity contribution in [2.75, 3.05) is 6.54 Å². The van der Waals surface area contributed by atoms with Crippen LogP contribution in [-0.2, 0) is 0 Å². The average Bonchev–Trinajstić information content (AvgIpc) is 2.17. The summed E-state index contributed by atoms with van der Waals surface area (Å²) < 4.78 is 13.0. The van der Waals surface area contributed by atoms with Gasteiger partial charge in [-0.05, 0) is 56.0 Å². The fraction of sp³-hybridized carbons (Fsp3) is 0.571. The van der Waals surface area contributed by atoms with E-state index in [4.69, 9.17) is 0 Å². The number of halogens is 1. The van der Waals surface area contributed by atoms with Gasteiger partial charge in [-0.15, -0.1) is 0 Å². The molecule has 0 fully saturated rings. The van der Waals surface area contributed by atoms with Gasteiger partial charge in [-0.3, -0.25) is 0 Å². The lowest BCUT2D eigenvalue weighted by Gasteiger charge is -2.19. The zero-order valence-electron chi connectivity index (χ0n) is 10.7. The maximum atomic E-state index is 13.0. The van der Waals surface area contributed by atoms with E-state index in [1.54, 1.807) is 12.1 Å². The van der Waals surface area contributed by atoms with Crippen molar-refractivity contribution in [3.05, 3.63) is 35.1 Å². The molecule has 2 heteroatoms. The zero-order chi connectivity index (χ0) is 12.1. The minimum atomic E-state index is -0.145. The molecule has 0 radical (unpaired) electrons. The van der Waals surface area contributed by atoms with Crippen LogP contribution in [0.2, 0.25) is 0 Å². The van der Waals surface area contributed by atoms with Crippen molar-refractivity contribution >= 4 is 0 Å². The number of aryl methyl sites for hydroxylation is 1. The van der Waals surface area contributed by atoms with Crippen LogP contribution in [0.25, 0.3) is 0 Å². The summed E-state index contributed by atoms with van der Waals surface area (Å²) >= 11 is 0. The minimum Gasteiger partial charge on any atom is -0.315 e. The van der Waals surface area contributed by atoms with Crippen LogP contribution in [0.1, 0.15) is 44.2 Å². The van der Waals surface area contributed by atoms with E-state index in [1.807, 2.05) is 13.0 Å². The highest BCUT2D eigenvalue weighted by atomic mass is 19.1. The van der Waals surface area contributed by atoms with Crippen LogP contribution in [0.5, 0.6) is 0 Å². The number of hydrogen-bond acceptors (Lipinski definition) is 1. The van der Waals surface area contributed by atoms with Gasteiger partial charge in [0.2, 0.25) is 0 Å². The topological polar surface area (TPSA) is 12.0 Å². The Hall–Kier alpha value is -0.890. The Morgan fingerprint density at radius 1 is 1.31 bits per heavy atom. The zero-order valence-corrected chi connectivity index (χ0v) is 10.7. The summed E-state index contributed by atoms with van der Waals surface area (Å²) in [4.78, 5) is 0. The van der Waals surface area contributed by atoms with Crippen molar-refractivity contribution in [1.29, 1.82) is 0 Å². The predicted octanol–water partition coefficient (Wildman–Crippen LogP) is 3.63. The number of hydrogen-bond donors (Lipinski definition) is 1. The van der Waals surface area contributed by atoms with Gasteiger partial charge >= 0.3 is 0 Å². The van der Waals surface area contributed by atoms with E-state index in [1.165, 1.54) is 5.56 Å². The highest BCUT2D eigenvalue weighted by molar-refractivity contribution is 5.29. The lowest BCUT2D eigenvalue weighted by atomic mass is 9.91. The third kappa shape index (κ3) is 3.60. The van der Waals surface area contributed by atoms with E-state index in [0.29, 0.717) is 12.0 Å². The summed E-state index contributed by atoms with van der Waals surface area (Å²) in [5, 5.41) is 3.40. The Morgan fingerprint density at radius 3 is 2.56 bits per heavy atom. The molecular weight excluding hydrogens is 201 g/mol. The Kier molecular flexibility index (Phi) is 4.94. The van der Waals surface area contributed by atoms with E-state index in [9.17, 15) is 4.39 Å². The molecule has 16 heavy (non-hydrogen) atoms. The van der Waals surface area contributed by atoms with Crippen molar-refractivity contribution in [2.45, 2.75) is 46.1 Å². The van der Waals surface area contributed by atoms with Gasteiger partial charge in [-0.25, -0.2) is 4.39 Å². The van der Waals surface area contributed by atoms with Gasteiger partial charge in [0.25, 0.3) is 0 Å². The monoisotopic (exact) mass is 223 g/mol. The molecule has 1 aromatic carbocycles. The van der Waals surface area contributed by atoms with Crippen LogP contribution >= 0.6 is 0 Å². The van der Waals surface area contributed by atoms with Gasteiger partial charge in [-0.1, -0.05) is 19.9 Å². The van der Waals surface area contributed by atoms with Crippen molar-refractivity contribution in [1.82, 2.24) is 5.32 Å². The molecule has 2 atom stereocenters. The molecule has 1 rings (SSSR count). The van der Waals surface area contributed by atoms with Crippen molar-refractivity contribution < 1.29 is 4.39 Å². The first-order valence-corrected chi connectivity index (χ1v) is 6.04. The average molecular weight is 223 g/mol. The second-order valence-corrected chi connectivity index (χ2v) is 4.60. The first kappa shape index (κ1) is 13.2. The van der Waals surface area contributed by atoms with E-state index in [2.05, 4.69) is 26.1 Å². The lowest BCUT2D eigenvalue weighted by Crippen LogP contribution is -2.27. The molecule has 0 aliphatic carbocycles. The van der Waals surface area contributed by atoms with E-state index < -0.39 is 0 Å². The lowest BCUT2D eigenvalue weighted by molar-refractivity contribution is 0.490. The van der Waals surface area contributed by atoms with Crippen LogP contribution < -0.4 is 5.32 Å². The molecule has 0 saturated carbocycles. The summed E-state index contributed by atoms with van der Waals surface area (Å²) in [5.41, 5.74) is 2.31. The standard InChI is InChI=1S/C14H22FN/c1-5-16-12(4)8-10(2)14-7-6-13(15)9-11(14)3/h6-7,9-10,12,16H,5,8H2,1-4H3. The highest BCUT2D eigenvalue weighted by Crippen LogP contribution is 2.24. The van der Waals surface area contributed by atoms with Crippen molar-refractivity contribution in [3.63, 3.8) is 0 Å². The molecule has 0 aliphatic heterocycles. The predicted molar refractivity (Wildman–Crippen MR) is 67.3 cm³/mol. The van der Waals surface area contributed by atoms with Crippen LogP contribution in [0, 0.1) is 12.7 Å². The maximum absolute atomic E-state index is 13.0. The van der Waals surface area contributed by atoms with Crippen molar-refractivity contribution in [3.8, 4) is 0 Å². The molecular formula is C14H22FN. The quantitative estimate of drug-likeness (QED) is 0.804. The Morgan fingerprint density at radius 2 is 2.00 bits per heavy atom. The van der Waals surface area contributed by atoms with Gasteiger partial charge < -0.3 is 5.32 Å². The van der Waals surface area contributed by atoms with E-state index in [0.717, 1.165) is 18.5 Å². The summed E-state index contributed by atoms with van der Waals surface area (Å²) in [7, 11) is 0. The van der Waals surface area contributed by atoms with Crippen molar-refractivity contribution in [2.24, 2.45) is 0 Å². The molecule has 2 unspecified atom stereocenters. The van der Waals surface area contributed by atoms with Crippen LogP contribution in [0.4, 0.5) is 4.39 Å². The van der Waals surface area contributed by atoms with Gasteiger partial charge in [0.05, 0.1) is 0 Å². The molecule has 0 bridgehead atoms. The third-order valence-corrected chi connectivity index (χ3v) is 3.02. The first-order chi connectivity index (χ1) is 7.54. The number of nitrogens with one attached hydrogen (secondary N) is 1. The Labute approximate surface area is 98.1 Å². The van der Waals surface area contributed by atoms with Crippen LogP contribution in [-0.4, -0.2) is 12.6 Å². The third-order valence-electron chi connectivity index (χ3n) is 3.02. The summed E-state index contributed by atoms with van der Waals surface area (Å²) in [5.74, 6) is 0.322. The normalized spacial score (nSPS) is 14.8. The Balaban J connectivity index is 2.69. The van der Waals surface area contributed by atoms with Gasteiger partial charge in [0.15, 0.2) is 0 Å². The molecule has 1 nitrogen and oxygen atoms in total. The molecule has 0 spiro atoms. The summed E-state index contributed by atoms with van der Waals surface area (Å²) in [6.07, 6.45) is 1.08. The summed E-state index contributed by atoms with van der Waals surface area (Å²) in [6, 6.07) is 5.58. The van der Waals surface area contributed by atoms with Gasteiger partial charge in [-0.2, -0.15) is 0 Å². The second kappa shape index (κ2) is 6.00. The molecule has 90 valence electrons. The summed E-state index contributed by atoms with van der Waals surface area (Å²) in [6.45, 7) is 9.49. The number of rotatable bonds is 5. The molecule has 0 aromatic heterocycles. The maximum Gasteiger partial charge on any atom is 0.123 e. The SMILES string of the molecule is CCNC(C)CC(C)c1ccc(F)cc1C. The fourth-order valence-corrected chi connectivity index (χ4v) is 2.28. The Bertz CT molecular complexity index is 336. The molecule has 0 saturated heterocycles. The largest absolute Gasteiger partial charge is 0.315 e. The second-order valence-electron chi connectivity index (χ2n) is 4.60. The molecule has 1 aromatic rings. The van der Waals surface area contributed by atoms with Gasteiger partial charge in [0.1, 0.15) is 5.82 Å². The smallest absolute Gasteiger partial charge is 0.123 e. The van der Waals surface area contributed by atoms with E-state index in [-0.39, 0.29) is 5.82 Å². The minimum absolute atomic E-state index is 0.145.